The molecule has 1 aromatic carbocycles. The molecular formula is C27H25ClF5N5O3. The number of carbonyl (C=O) groups excluding carboxylic acids is 2. The van der Waals surface area contributed by atoms with Crippen LogP contribution in [0.25, 0.3) is 0 Å². The zero-order chi connectivity index (χ0) is 30.0. The monoisotopic (exact) mass is 597 g/mol. The maximum Gasteiger partial charge on any atom is 0.417 e. The SMILES string of the molecule is C[C@@H]1Cc2nn3c(c2CN1C(=O)c1ccc(Cl)c(C(F)(F)F)c1)C(=O)N([C@H](C)c1ccn(C(F)F)c(=O)c1)C[C@H]3C. The smallest absolute Gasteiger partial charge is 0.331 e. The molecule has 0 N–H and O–H groups in total. The van der Waals surface area contributed by atoms with Gasteiger partial charge in [0.1, 0.15) is 5.69 Å². The lowest BCUT2D eigenvalue weighted by atomic mass is 9.96. The lowest BCUT2D eigenvalue weighted by Gasteiger charge is -2.37. The van der Waals surface area contributed by atoms with E-state index in [1.165, 1.54) is 21.9 Å². The fourth-order valence-corrected chi connectivity index (χ4v) is 5.67. The predicted molar refractivity (Wildman–Crippen MR) is 138 cm³/mol. The topological polar surface area (TPSA) is 80.4 Å². The molecular weight excluding hydrogens is 573 g/mol. The molecule has 218 valence electrons. The van der Waals surface area contributed by atoms with Crippen LogP contribution >= 0.6 is 11.6 Å². The van der Waals surface area contributed by atoms with Crippen LogP contribution in [0.5, 0.6) is 0 Å². The van der Waals surface area contributed by atoms with Gasteiger partial charge in [0.05, 0.1) is 34.9 Å². The average molecular weight is 598 g/mol. The average Bonchev–Trinajstić information content (AvgIpc) is 3.28. The highest BCUT2D eigenvalue weighted by Gasteiger charge is 2.41. The fraction of sp³-hybridized carbons (Fsp3) is 0.407. The van der Waals surface area contributed by atoms with Crippen molar-refractivity contribution in [2.24, 2.45) is 0 Å². The van der Waals surface area contributed by atoms with E-state index in [1.54, 1.807) is 18.5 Å². The standard InChI is InChI=1S/C27H25ClF5N5O3/c1-13-8-21-18(12-36(13)24(40)17-4-5-20(28)19(9-17)27(31,32)33)23-25(41)37(11-14(2)38(23)34-21)15(3)16-6-7-35(26(29)30)22(39)10-16/h4-7,9-10,13-15,26H,8,11-12H2,1-3H3/t13-,14-,15-/m1/s1. The Balaban J connectivity index is 1.47. The molecule has 41 heavy (non-hydrogen) atoms. The number of carbonyl (C=O) groups is 2. The molecule has 14 heteroatoms. The highest BCUT2D eigenvalue weighted by atomic mass is 35.5. The molecule has 0 saturated heterocycles. The van der Waals surface area contributed by atoms with Gasteiger partial charge in [0.2, 0.25) is 0 Å². The Labute approximate surface area is 235 Å². The Morgan fingerprint density at radius 3 is 2.44 bits per heavy atom. The molecule has 0 bridgehead atoms. The molecule has 4 heterocycles. The Hall–Kier alpha value is -3.74. The van der Waals surface area contributed by atoms with Crippen molar-refractivity contribution in [1.29, 1.82) is 0 Å². The van der Waals surface area contributed by atoms with Crippen LogP contribution in [0.3, 0.4) is 0 Å². The van der Waals surface area contributed by atoms with Gasteiger partial charge in [-0.25, -0.2) is 0 Å². The number of hydrogen-bond donors (Lipinski definition) is 0. The van der Waals surface area contributed by atoms with E-state index in [9.17, 15) is 36.3 Å². The van der Waals surface area contributed by atoms with Crippen molar-refractivity contribution in [1.82, 2.24) is 24.1 Å². The molecule has 2 aliphatic heterocycles. The molecule has 0 aliphatic carbocycles. The highest BCUT2D eigenvalue weighted by molar-refractivity contribution is 6.31. The first-order chi connectivity index (χ1) is 19.2. The van der Waals surface area contributed by atoms with Crippen molar-refractivity contribution in [3.8, 4) is 0 Å². The number of alkyl halides is 5. The molecule has 0 spiro atoms. The zero-order valence-electron chi connectivity index (χ0n) is 22.1. The van der Waals surface area contributed by atoms with Crippen LogP contribution < -0.4 is 5.56 Å². The molecule has 0 fully saturated rings. The van der Waals surface area contributed by atoms with Crippen LogP contribution in [0.2, 0.25) is 5.02 Å². The Morgan fingerprint density at radius 1 is 1.10 bits per heavy atom. The Bertz CT molecular complexity index is 1600. The van der Waals surface area contributed by atoms with Gasteiger partial charge in [-0.15, -0.1) is 0 Å². The number of benzene rings is 1. The molecule has 0 unspecified atom stereocenters. The van der Waals surface area contributed by atoms with Gasteiger partial charge >= 0.3 is 12.7 Å². The second kappa shape index (κ2) is 10.3. The van der Waals surface area contributed by atoms with E-state index in [2.05, 4.69) is 5.10 Å². The first kappa shape index (κ1) is 28.8. The summed E-state index contributed by atoms with van der Waals surface area (Å²) in [4.78, 5) is 42.3. The summed E-state index contributed by atoms with van der Waals surface area (Å²) in [5, 5.41) is 4.12. The predicted octanol–water partition coefficient (Wildman–Crippen LogP) is 5.48. The molecule has 2 aromatic heterocycles. The van der Waals surface area contributed by atoms with Gasteiger partial charge in [-0.05, 0) is 50.6 Å². The van der Waals surface area contributed by atoms with Crippen molar-refractivity contribution in [3.05, 3.63) is 85.5 Å². The Kier molecular flexibility index (Phi) is 7.21. The highest BCUT2D eigenvalue weighted by Crippen LogP contribution is 2.37. The molecule has 2 aliphatic rings. The van der Waals surface area contributed by atoms with Gasteiger partial charge in [0.25, 0.3) is 17.4 Å². The minimum absolute atomic E-state index is 0.0558. The number of pyridine rings is 1. The van der Waals surface area contributed by atoms with Gasteiger partial charge in [-0.3, -0.25) is 23.6 Å². The largest absolute Gasteiger partial charge is 0.417 e. The number of rotatable bonds is 4. The summed E-state index contributed by atoms with van der Waals surface area (Å²) in [5.74, 6) is -1.07. The van der Waals surface area contributed by atoms with Crippen LogP contribution in [0, 0.1) is 0 Å². The molecule has 0 saturated carbocycles. The van der Waals surface area contributed by atoms with E-state index in [0.29, 0.717) is 16.8 Å². The lowest BCUT2D eigenvalue weighted by molar-refractivity contribution is -0.137. The summed E-state index contributed by atoms with van der Waals surface area (Å²) in [6.45, 7) is 2.46. The minimum Gasteiger partial charge on any atom is -0.331 e. The first-order valence-electron chi connectivity index (χ1n) is 12.8. The van der Waals surface area contributed by atoms with E-state index in [1.807, 2.05) is 6.92 Å². The van der Waals surface area contributed by atoms with E-state index in [-0.39, 0.29) is 41.4 Å². The lowest BCUT2D eigenvalue weighted by Crippen LogP contribution is -2.45. The maximum atomic E-state index is 13.8. The summed E-state index contributed by atoms with van der Waals surface area (Å²) in [6, 6.07) is 4.07. The van der Waals surface area contributed by atoms with Gasteiger partial charge in [0.15, 0.2) is 0 Å². The van der Waals surface area contributed by atoms with Gasteiger partial charge in [0, 0.05) is 42.4 Å². The summed E-state index contributed by atoms with van der Waals surface area (Å²) < 4.78 is 68.2. The van der Waals surface area contributed by atoms with Gasteiger partial charge < -0.3 is 9.80 Å². The van der Waals surface area contributed by atoms with Crippen LogP contribution in [-0.2, 0) is 19.1 Å². The number of halogens is 6. The fourth-order valence-electron chi connectivity index (χ4n) is 5.44. The number of hydrogen-bond acceptors (Lipinski definition) is 4. The van der Waals surface area contributed by atoms with Gasteiger partial charge in [-0.2, -0.15) is 27.1 Å². The second-order valence-corrected chi connectivity index (χ2v) is 10.8. The van der Waals surface area contributed by atoms with Crippen molar-refractivity contribution in [2.75, 3.05) is 6.54 Å². The van der Waals surface area contributed by atoms with E-state index < -0.39 is 52.8 Å². The van der Waals surface area contributed by atoms with Crippen molar-refractivity contribution < 1.29 is 31.5 Å². The van der Waals surface area contributed by atoms with E-state index >= 15 is 0 Å². The second-order valence-electron chi connectivity index (χ2n) is 10.4. The molecule has 0 radical (unpaired) electrons. The van der Waals surface area contributed by atoms with E-state index in [0.717, 1.165) is 24.4 Å². The first-order valence-corrected chi connectivity index (χ1v) is 13.2. The molecule has 5 rings (SSSR count). The molecule has 3 atom stereocenters. The van der Waals surface area contributed by atoms with Gasteiger partial charge in [-0.1, -0.05) is 11.6 Å². The third-order valence-corrected chi connectivity index (χ3v) is 8.02. The minimum atomic E-state index is -4.74. The van der Waals surface area contributed by atoms with Crippen molar-refractivity contribution >= 4 is 23.4 Å². The maximum absolute atomic E-state index is 13.8. The van der Waals surface area contributed by atoms with Crippen molar-refractivity contribution in [3.63, 3.8) is 0 Å². The third kappa shape index (κ3) is 5.00. The number of aromatic nitrogens is 3. The normalized spacial score (nSPS) is 19.8. The quantitative estimate of drug-likeness (QED) is 0.373. The molecule has 8 nitrogen and oxygen atoms in total. The summed E-state index contributed by atoms with van der Waals surface area (Å²) in [5.41, 5.74) is -0.490. The number of fused-ring (bicyclic) bond motifs is 3. The zero-order valence-corrected chi connectivity index (χ0v) is 22.9. The number of nitrogens with zero attached hydrogens (tertiary/aromatic N) is 5. The van der Waals surface area contributed by atoms with Crippen LogP contribution in [0.4, 0.5) is 22.0 Å². The number of amides is 2. The molecule has 3 aromatic rings. The third-order valence-electron chi connectivity index (χ3n) is 7.69. The summed E-state index contributed by atoms with van der Waals surface area (Å²) in [7, 11) is 0. The van der Waals surface area contributed by atoms with Crippen molar-refractivity contribution in [2.45, 2.75) is 64.6 Å². The van der Waals surface area contributed by atoms with E-state index in [4.69, 9.17) is 11.6 Å². The van der Waals surface area contributed by atoms with Crippen LogP contribution in [0.15, 0.2) is 41.3 Å². The summed E-state index contributed by atoms with van der Waals surface area (Å²) in [6.07, 6.45) is -3.48. The summed E-state index contributed by atoms with van der Waals surface area (Å²) >= 11 is 5.73. The Morgan fingerprint density at radius 2 is 1.80 bits per heavy atom. The molecule has 2 amide bonds. The van der Waals surface area contributed by atoms with Crippen LogP contribution in [0.1, 0.15) is 82.6 Å². The van der Waals surface area contributed by atoms with Crippen LogP contribution in [-0.4, -0.2) is 48.5 Å².